The van der Waals surface area contributed by atoms with Crippen molar-refractivity contribution in [3.63, 3.8) is 0 Å². The lowest BCUT2D eigenvalue weighted by Crippen LogP contribution is -2.38. The summed E-state index contributed by atoms with van der Waals surface area (Å²) in [5.74, 6) is 0.887. The number of anilines is 1. The Balaban J connectivity index is 1.22. The second kappa shape index (κ2) is 12.7. The van der Waals surface area contributed by atoms with Crippen molar-refractivity contribution in [3.05, 3.63) is 70.4 Å². The average Bonchev–Trinajstić information content (AvgIpc) is 3.27. The van der Waals surface area contributed by atoms with Crippen LogP contribution in [0.4, 0.5) is 5.95 Å². The summed E-state index contributed by atoms with van der Waals surface area (Å²) < 4.78 is 11.1. The van der Waals surface area contributed by atoms with Crippen molar-refractivity contribution in [2.24, 2.45) is 0 Å². The van der Waals surface area contributed by atoms with E-state index in [4.69, 9.17) is 21.1 Å². The Bertz CT molecular complexity index is 1360. The number of hydrogen-bond acceptors (Lipinski definition) is 7. The first kappa shape index (κ1) is 27.9. The lowest BCUT2D eigenvalue weighted by molar-refractivity contribution is -0.122. The van der Waals surface area contributed by atoms with Crippen LogP contribution in [0.3, 0.4) is 0 Å². The summed E-state index contributed by atoms with van der Waals surface area (Å²) in [5, 5.41) is 6.75. The quantitative estimate of drug-likeness (QED) is 0.357. The Labute approximate surface area is 239 Å². The molecular formula is C30H34ClN5O4. The van der Waals surface area contributed by atoms with Crippen LogP contribution < -0.4 is 15.4 Å². The zero-order valence-electron chi connectivity index (χ0n) is 22.8. The third-order valence-electron chi connectivity index (χ3n) is 7.13. The van der Waals surface area contributed by atoms with Gasteiger partial charge in [-0.05, 0) is 55.5 Å². The number of nitrogens with zero attached hydrogens (tertiary/aromatic N) is 3. The Kier molecular flexibility index (Phi) is 8.81. The van der Waals surface area contributed by atoms with Gasteiger partial charge in [0, 0.05) is 36.9 Å². The third-order valence-corrected chi connectivity index (χ3v) is 7.40. The van der Waals surface area contributed by atoms with E-state index in [9.17, 15) is 9.59 Å². The topological polar surface area (TPSA) is 106 Å². The number of nitrogens with one attached hydrogen (secondary N) is 2. The van der Waals surface area contributed by atoms with Crippen LogP contribution in [0.2, 0.25) is 5.02 Å². The van der Waals surface area contributed by atoms with E-state index >= 15 is 0 Å². The second-order valence-corrected chi connectivity index (χ2v) is 10.6. The molecule has 0 radical (unpaired) electrons. The monoisotopic (exact) mass is 563 g/mol. The molecule has 2 aliphatic heterocycles. The maximum Gasteiger partial charge on any atom is 0.254 e. The summed E-state index contributed by atoms with van der Waals surface area (Å²) in [4.78, 5) is 36.6. The van der Waals surface area contributed by atoms with Crippen LogP contribution in [-0.4, -0.2) is 59.1 Å². The summed E-state index contributed by atoms with van der Waals surface area (Å²) in [6, 6.07) is 13.3. The van der Waals surface area contributed by atoms with Crippen LogP contribution in [0.25, 0.3) is 11.3 Å². The summed E-state index contributed by atoms with van der Waals surface area (Å²) >= 11 is 6.46. The van der Waals surface area contributed by atoms with Crippen molar-refractivity contribution in [2.75, 3.05) is 31.7 Å². The molecule has 0 bridgehead atoms. The Morgan fingerprint density at radius 2 is 1.98 bits per heavy atom. The number of amides is 2. The minimum absolute atomic E-state index is 0.0294. The molecule has 210 valence electrons. The molecule has 5 rings (SSSR count). The maximum absolute atomic E-state index is 13.3. The van der Waals surface area contributed by atoms with Gasteiger partial charge in [-0.3, -0.25) is 9.59 Å². The molecule has 3 aromatic rings. The molecule has 2 aromatic carbocycles. The summed E-state index contributed by atoms with van der Waals surface area (Å²) in [6.07, 6.45) is 4.29. The number of benzene rings is 2. The SMILES string of the molecule is CCCOc1ccc(C(C)NC(=O)CN2Cc3ccc(-c4nc(NC5CCOCC5)ncc4Cl)cc3C2=O)cc1. The molecule has 9 nitrogen and oxygen atoms in total. The zero-order valence-corrected chi connectivity index (χ0v) is 23.5. The Hall–Kier alpha value is -3.69. The fraction of sp³-hybridized carbons (Fsp3) is 0.400. The van der Waals surface area contributed by atoms with Gasteiger partial charge in [-0.2, -0.15) is 0 Å². The fourth-order valence-corrected chi connectivity index (χ4v) is 5.12. The number of ether oxygens (including phenoxy) is 2. The lowest BCUT2D eigenvalue weighted by atomic mass is 10.0. The minimum Gasteiger partial charge on any atom is -0.494 e. The molecule has 1 fully saturated rings. The van der Waals surface area contributed by atoms with Crippen molar-refractivity contribution in [1.82, 2.24) is 20.2 Å². The Morgan fingerprint density at radius 1 is 1.20 bits per heavy atom. The summed E-state index contributed by atoms with van der Waals surface area (Å²) in [5.41, 5.74) is 3.65. The third kappa shape index (κ3) is 6.54. The van der Waals surface area contributed by atoms with Gasteiger partial charge in [-0.1, -0.05) is 42.8 Å². The van der Waals surface area contributed by atoms with E-state index in [1.165, 1.54) is 0 Å². The van der Waals surface area contributed by atoms with Crippen LogP contribution in [-0.2, 0) is 16.1 Å². The zero-order chi connectivity index (χ0) is 28.1. The average molecular weight is 564 g/mol. The van der Waals surface area contributed by atoms with Crippen molar-refractivity contribution < 1.29 is 19.1 Å². The van der Waals surface area contributed by atoms with Gasteiger partial charge in [0.2, 0.25) is 11.9 Å². The number of rotatable bonds is 10. The highest BCUT2D eigenvalue weighted by atomic mass is 35.5. The molecule has 1 aromatic heterocycles. The highest BCUT2D eigenvalue weighted by Crippen LogP contribution is 2.32. The molecule has 0 spiro atoms. The highest BCUT2D eigenvalue weighted by molar-refractivity contribution is 6.33. The first-order valence-electron chi connectivity index (χ1n) is 13.7. The molecule has 3 heterocycles. The molecule has 0 saturated carbocycles. The standard InChI is InChI=1S/C30H34ClN5O4/c1-3-12-40-24-8-6-20(7-9-24)19(2)33-27(37)18-36-17-22-5-4-21(15-25(22)29(36)38)28-26(31)16-32-30(35-28)34-23-10-13-39-14-11-23/h4-9,15-16,19,23H,3,10-14,17-18H2,1-2H3,(H,33,37)(H,32,34,35). The van der Waals surface area contributed by atoms with E-state index in [0.717, 1.165) is 41.7 Å². The smallest absolute Gasteiger partial charge is 0.254 e. The first-order valence-corrected chi connectivity index (χ1v) is 14.1. The highest BCUT2D eigenvalue weighted by Gasteiger charge is 2.30. The molecule has 1 saturated heterocycles. The van der Waals surface area contributed by atoms with E-state index < -0.39 is 0 Å². The number of hydrogen-bond donors (Lipinski definition) is 2. The first-order chi connectivity index (χ1) is 19.4. The molecule has 2 N–H and O–H groups in total. The van der Waals surface area contributed by atoms with Gasteiger partial charge in [0.1, 0.15) is 12.3 Å². The molecule has 10 heteroatoms. The lowest BCUT2D eigenvalue weighted by Gasteiger charge is -2.23. The van der Waals surface area contributed by atoms with Gasteiger partial charge in [0.25, 0.3) is 5.91 Å². The van der Waals surface area contributed by atoms with Gasteiger partial charge in [-0.25, -0.2) is 9.97 Å². The molecule has 2 aliphatic rings. The predicted octanol–water partition coefficient (Wildman–Crippen LogP) is 5.01. The van der Waals surface area contributed by atoms with E-state index in [-0.39, 0.29) is 30.4 Å². The van der Waals surface area contributed by atoms with Gasteiger partial charge in [0.05, 0.1) is 29.6 Å². The van der Waals surface area contributed by atoms with E-state index in [2.05, 4.69) is 27.5 Å². The second-order valence-electron chi connectivity index (χ2n) is 10.2. The summed E-state index contributed by atoms with van der Waals surface area (Å²) in [6.45, 7) is 6.40. The summed E-state index contributed by atoms with van der Waals surface area (Å²) in [7, 11) is 0. The molecule has 0 aliphatic carbocycles. The van der Waals surface area contributed by atoms with Gasteiger partial charge < -0.3 is 25.0 Å². The van der Waals surface area contributed by atoms with Crippen LogP contribution in [0, 0.1) is 0 Å². The van der Waals surface area contributed by atoms with Crippen LogP contribution in [0.1, 0.15) is 60.6 Å². The van der Waals surface area contributed by atoms with Crippen molar-refractivity contribution in [3.8, 4) is 17.0 Å². The minimum atomic E-state index is -0.220. The van der Waals surface area contributed by atoms with Crippen LogP contribution >= 0.6 is 11.6 Å². The van der Waals surface area contributed by atoms with E-state index in [0.29, 0.717) is 48.6 Å². The number of fused-ring (bicyclic) bond motifs is 1. The number of carbonyl (C=O) groups is 2. The van der Waals surface area contributed by atoms with Crippen molar-refractivity contribution >= 4 is 29.4 Å². The molecule has 40 heavy (non-hydrogen) atoms. The molecular weight excluding hydrogens is 530 g/mol. The normalized spacial score (nSPS) is 16.0. The number of aromatic nitrogens is 2. The number of carbonyl (C=O) groups excluding carboxylic acids is 2. The van der Waals surface area contributed by atoms with E-state index in [1.54, 1.807) is 17.2 Å². The van der Waals surface area contributed by atoms with E-state index in [1.807, 2.05) is 43.3 Å². The number of halogens is 1. The fourth-order valence-electron chi connectivity index (χ4n) is 4.92. The van der Waals surface area contributed by atoms with Crippen LogP contribution in [0.15, 0.2) is 48.7 Å². The van der Waals surface area contributed by atoms with Gasteiger partial charge in [-0.15, -0.1) is 0 Å². The molecule has 1 unspecified atom stereocenters. The van der Waals surface area contributed by atoms with Crippen molar-refractivity contribution in [1.29, 1.82) is 0 Å². The predicted molar refractivity (Wildman–Crippen MR) is 153 cm³/mol. The molecule has 2 amide bonds. The largest absolute Gasteiger partial charge is 0.494 e. The van der Waals surface area contributed by atoms with Gasteiger partial charge in [0.15, 0.2) is 0 Å². The molecule has 1 atom stereocenters. The van der Waals surface area contributed by atoms with Crippen LogP contribution in [0.5, 0.6) is 5.75 Å². The van der Waals surface area contributed by atoms with Gasteiger partial charge >= 0.3 is 0 Å². The maximum atomic E-state index is 13.3. The van der Waals surface area contributed by atoms with Crippen molar-refractivity contribution in [2.45, 2.75) is 51.7 Å². The Morgan fingerprint density at radius 3 is 2.73 bits per heavy atom.